The Morgan fingerprint density at radius 1 is 1.50 bits per heavy atom. The fraction of sp³-hybridized carbons (Fsp3) is 0.417. The number of thiophene rings is 1. The number of imidazole rings is 1. The molecule has 3 nitrogen and oxygen atoms in total. The Morgan fingerprint density at radius 3 is 2.81 bits per heavy atom. The van der Waals surface area contributed by atoms with Gasteiger partial charge in [0.1, 0.15) is 0 Å². The van der Waals surface area contributed by atoms with E-state index in [4.69, 9.17) is 5.73 Å². The van der Waals surface area contributed by atoms with Gasteiger partial charge in [-0.1, -0.05) is 0 Å². The lowest BCUT2D eigenvalue weighted by atomic mass is 10.1. The van der Waals surface area contributed by atoms with Gasteiger partial charge in [-0.15, -0.1) is 11.3 Å². The molecule has 0 fully saturated rings. The number of aromatic nitrogens is 2. The highest BCUT2D eigenvalue weighted by molar-refractivity contribution is 7.12. The monoisotopic (exact) mass is 235 g/mol. The summed E-state index contributed by atoms with van der Waals surface area (Å²) < 4.78 is 2.15. The van der Waals surface area contributed by atoms with Crippen LogP contribution in [-0.2, 0) is 6.54 Å². The molecule has 2 aromatic heterocycles. The van der Waals surface area contributed by atoms with Gasteiger partial charge in [-0.3, -0.25) is 0 Å². The van der Waals surface area contributed by atoms with Gasteiger partial charge >= 0.3 is 0 Å². The van der Waals surface area contributed by atoms with Crippen molar-refractivity contribution in [1.82, 2.24) is 9.55 Å². The Balaban J connectivity index is 2.38. The number of aryl methyl sites for hydroxylation is 2. The van der Waals surface area contributed by atoms with E-state index >= 15 is 0 Å². The van der Waals surface area contributed by atoms with E-state index in [0.717, 1.165) is 5.69 Å². The van der Waals surface area contributed by atoms with E-state index in [1.165, 1.54) is 15.3 Å². The minimum Gasteiger partial charge on any atom is -0.326 e. The second kappa shape index (κ2) is 4.39. The normalized spacial score (nSPS) is 13.0. The van der Waals surface area contributed by atoms with Gasteiger partial charge in [-0.2, -0.15) is 0 Å². The molecule has 0 spiro atoms. The Bertz CT molecular complexity index is 484. The maximum atomic E-state index is 5.70. The quantitative estimate of drug-likeness (QED) is 0.888. The third-order valence-electron chi connectivity index (χ3n) is 2.90. The van der Waals surface area contributed by atoms with Crippen molar-refractivity contribution in [1.29, 1.82) is 0 Å². The van der Waals surface area contributed by atoms with E-state index in [1.807, 2.05) is 23.9 Å². The zero-order chi connectivity index (χ0) is 11.7. The average Bonchev–Trinajstić information content (AvgIpc) is 2.83. The molecule has 0 saturated carbocycles. The second-order valence-electron chi connectivity index (χ2n) is 4.04. The van der Waals surface area contributed by atoms with Crippen molar-refractivity contribution in [2.45, 2.75) is 33.4 Å². The molecule has 0 radical (unpaired) electrons. The van der Waals surface area contributed by atoms with Crippen LogP contribution in [0.25, 0.3) is 0 Å². The molecular weight excluding hydrogens is 218 g/mol. The highest BCUT2D eigenvalue weighted by atomic mass is 32.1. The van der Waals surface area contributed by atoms with Gasteiger partial charge in [0.05, 0.1) is 18.1 Å². The maximum Gasteiger partial charge on any atom is 0.0954 e. The molecule has 0 saturated heterocycles. The first-order chi connectivity index (χ1) is 7.63. The number of nitrogens with two attached hydrogens (primary N) is 1. The smallest absolute Gasteiger partial charge is 0.0954 e. The molecule has 4 heteroatoms. The first kappa shape index (κ1) is 11.4. The number of rotatable bonds is 3. The third-order valence-corrected chi connectivity index (χ3v) is 3.88. The molecule has 16 heavy (non-hydrogen) atoms. The van der Waals surface area contributed by atoms with Gasteiger partial charge in [-0.05, 0) is 32.4 Å². The molecule has 0 bridgehead atoms. The minimum absolute atomic E-state index is 0.311. The predicted octanol–water partition coefficient (Wildman–Crippen LogP) is 2.63. The number of hydrogen-bond acceptors (Lipinski definition) is 3. The summed E-state index contributed by atoms with van der Waals surface area (Å²) in [6.45, 7) is 7.04. The van der Waals surface area contributed by atoms with Crippen molar-refractivity contribution in [3.8, 4) is 0 Å². The molecular formula is C12H17N3S. The summed E-state index contributed by atoms with van der Waals surface area (Å²) in [5, 5.41) is 0. The zero-order valence-corrected chi connectivity index (χ0v) is 10.7. The lowest BCUT2D eigenvalue weighted by molar-refractivity contribution is 0.608. The van der Waals surface area contributed by atoms with Crippen LogP contribution in [0, 0.1) is 13.8 Å². The molecule has 2 heterocycles. The molecule has 0 aliphatic carbocycles. The largest absolute Gasteiger partial charge is 0.326 e. The maximum absolute atomic E-state index is 5.70. The molecule has 2 rings (SSSR count). The summed E-state index contributed by atoms with van der Waals surface area (Å²) in [5.41, 5.74) is 8.15. The van der Waals surface area contributed by atoms with Crippen molar-refractivity contribution >= 4 is 11.3 Å². The molecule has 0 aliphatic heterocycles. The van der Waals surface area contributed by atoms with E-state index in [9.17, 15) is 0 Å². The molecule has 2 N–H and O–H groups in total. The van der Waals surface area contributed by atoms with Crippen LogP contribution in [0.5, 0.6) is 0 Å². The van der Waals surface area contributed by atoms with Crippen LogP contribution in [0.2, 0.25) is 0 Å². The van der Waals surface area contributed by atoms with Crippen LogP contribution in [0.15, 0.2) is 18.6 Å². The number of hydrogen-bond donors (Lipinski definition) is 1. The van der Waals surface area contributed by atoms with Crippen molar-refractivity contribution in [3.05, 3.63) is 39.6 Å². The van der Waals surface area contributed by atoms with Crippen LogP contribution >= 0.6 is 11.3 Å². The van der Waals surface area contributed by atoms with E-state index < -0.39 is 0 Å². The van der Waals surface area contributed by atoms with Crippen LogP contribution in [-0.4, -0.2) is 9.55 Å². The van der Waals surface area contributed by atoms with Crippen molar-refractivity contribution in [3.63, 3.8) is 0 Å². The van der Waals surface area contributed by atoms with Crippen LogP contribution < -0.4 is 5.73 Å². The van der Waals surface area contributed by atoms with Gasteiger partial charge in [0.2, 0.25) is 0 Å². The standard InChI is InChI=1S/C12H17N3S/c1-8-4-12(10(3)16-8)9(2)15-7-14-6-11(15)5-13/h4,6-7,9H,5,13H2,1-3H3. The van der Waals surface area contributed by atoms with E-state index in [2.05, 4.69) is 36.4 Å². The van der Waals surface area contributed by atoms with Crippen LogP contribution in [0.4, 0.5) is 0 Å². The summed E-state index contributed by atoms with van der Waals surface area (Å²) in [5.74, 6) is 0. The Kier molecular flexibility index (Phi) is 3.12. The summed E-state index contributed by atoms with van der Waals surface area (Å²) in [7, 11) is 0. The zero-order valence-electron chi connectivity index (χ0n) is 9.90. The van der Waals surface area contributed by atoms with Crippen molar-refractivity contribution < 1.29 is 0 Å². The average molecular weight is 235 g/mol. The predicted molar refractivity (Wildman–Crippen MR) is 67.7 cm³/mol. The van der Waals surface area contributed by atoms with Gasteiger partial charge in [0.15, 0.2) is 0 Å². The summed E-state index contributed by atoms with van der Waals surface area (Å²) in [4.78, 5) is 6.89. The Hall–Kier alpha value is -1.13. The molecule has 2 aromatic rings. The minimum atomic E-state index is 0.311. The highest BCUT2D eigenvalue weighted by Gasteiger charge is 2.14. The van der Waals surface area contributed by atoms with E-state index in [-0.39, 0.29) is 0 Å². The third kappa shape index (κ3) is 1.90. The second-order valence-corrected chi connectivity index (χ2v) is 5.50. The number of nitrogens with zero attached hydrogens (tertiary/aromatic N) is 2. The molecule has 0 aromatic carbocycles. The lowest BCUT2D eigenvalue weighted by Gasteiger charge is -2.16. The van der Waals surface area contributed by atoms with E-state index in [0.29, 0.717) is 12.6 Å². The first-order valence-electron chi connectivity index (χ1n) is 5.41. The molecule has 1 atom stereocenters. The molecule has 0 amide bonds. The molecule has 86 valence electrons. The summed E-state index contributed by atoms with van der Waals surface area (Å²) in [6.07, 6.45) is 3.70. The van der Waals surface area contributed by atoms with Gasteiger partial charge in [-0.25, -0.2) is 4.98 Å². The Morgan fingerprint density at radius 2 is 2.25 bits per heavy atom. The molecule has 0 aliphatic rings. The van der Waals surface area contributed by atoms with Gasteiger partial charge < -0.3 is 10.3 Å². The first-order valence-corrected chi connectivity index (χ1v) is 6.22. The van der Waals surface area contributed by atoms with Crippen molar-refractivity contribution in [2.75, 3.05) is 0 Å². The molecule has 1 unspecified atom stereocenters. The van der Waals surface area contributed by atoms with E-state index in [1.54, 1.807) is 0 Å². The lowest BCUT2D eigenvalue weighted by Crippen LogP contribution is -2.12. The summed E-state index contributed by atoms with van der Waals surface area (Å²) >= 11 is 1.84. The SMILES string of the molecule is Cc1cc(C(C)n2cncc2CN)c(C)s1. The highest BCUT2D eigenvalue weighted by Crippen LogP contribution is 2.29. The summed E-state index contributed by atoms with van der Waals surface area (Å²) in [6, 6.07) is 2.57. The van der Waals surface area contributed by atoms with Crippen LogP contribution in [0.1, 0.15) is 34.0 Å². The van der Waals surface area contributed by atoms with Crippen molar-refractivity contribution in [2.24, 2.45) is 5.73 Å². The fourth-order valence-corrected chi connectivity index (χ4v) is 3.07. The van der Waals surface area contributed by atoms with Gasteiger partial charge in [0, 0.05) is 22.5 Å². The van der Waals surface area contributed by atoms with Gasteiger partial charge in [0.25, 0.3) is 0 Å². The van der Waals surface area contributed by atoms with Crippen LogP contribution in [0.3, 0.4) is 0 Å². The fourth-order valence-electron chi connectivity index (χ4n) is 2.05. The topological polar surface area (TPSA) is 43.8 Å². The Labute approximate surface area is 99.9 Å².